The van der Waals surface area contributed by atoms with Gasteiger partial charge in [0, 0.05) is 17.1 Å². The zero-order valence-corrected chi connectivity index (χ0v) is 11.8. The predicted molar refractivity (Wildman–Crippen MR) is 76.0 cm³/mol. The summed E-state index contributed by atoms with van der Waals surface area (Å²) in [7, 11) is 0. The fourth-order valence-electron chi connectivity index (χ4n) is 2.47. The van der Waals surface area contributed by atoms with E-state index in [2.05, 4.69) is 39.0 Å². The molecule has 0 amide bonds. The van der Waals surface area contributed by atoms with Gasteiger partial charge in [0.15, 0.2) is 0 Å². The quantitative estimate of drug-likeness (QED) is 0.927. The Kier molecular flexibility index (Phi) is 5.01. The van der Waals surface area contributed by atoms with Gasteiger partial charge in [-0.15, -0.1) is 0 Å². The maximum Gasteiger partial charge on any atom is 0.0435 e. The minimum absolute atomic E-state index is 0.115. The fourth-order valence-corrected chi connectivity index (χ4v) is 3.05. The van der Waals surface area contributed by atoms with Gasteiger partial charge in [0.25, 0.3) is 0 Å². The molecule has 0 saturated carbocycles. The molecule has 1 aromatic carbocycles. The van der Waals surface area contributed by atoms with E-state index in [1.807, 2.05) is 6.07 Å². The average molecular weight is 297 g/mol. The second kappa shape index (κ2) is 6.53. The van der Waals surface area contributed by atoms with Crippen molar-refractivity contribution in [2.45, 2.75) is 31.7 Å². The van der Waals surface area contributed by atoms with Crippen LogP contribution in [0.25, 0.3) is 0 Å². The number of hydrogen-bond donors (Lipinski definition) is 1. The van der Waals surface area contributed by atoms with Crippen LogP contribution in [0.15, 0.2) is 28.7 Å². The van der Waals surface area contributed by atoms with Crippen LogP contribution in [-0.2, 0) is 0 Å². The molecule has 3 heteroatoms. The summed E-state index contributed by atoms with van der Waals surface area (Å²) in [5.74, 6) is 0. The zero-order chi connectivity index (χ0) is 12.1. The van der Waals surface area contributed by atoms with Crippen molar-refractivity contribution in [2.75, 3.05) is 19.6 Å². The van der Waals surface area contributed by atoms with E-state index in [4.69, 9.17) is 5.73 Å². The van der Waals surface area contributed by atoms with E-state index < -0.39 is 0 Å². The van der Waals surface area contributed by atoms with Gasteiger partial charge in [-0.25, -0.2) is 0 Å². The number of benzene rings is 1. The molecule has 0 bridgehead atoms. The molecule has 1 aliphatic rings. The van der Waals surface area contributed by atoms with Crippen molar-refractivity contribution in [2.24, 2.45) is 5.73 Å². The maximum atomic E-state index is 6.31. The summed E-state index contributed by atoms with van der Waals surface area (Å²) < 4.78 is 1.13. The van der Waals surface area contributed by atoms with Gasteiger partial charge in [-0.3, -0.25) is 0 Å². The SMILES string of the molecule is NC(CN1CCCCCC1)c1ccccc1Br. The van der Waals surface area contributed by atoms with E-state index in [9.17, 15) is 0 Å². The molecule has 94 valence electrons. The predicted octanol–water partition coefficient (Wildman–Crippen LogP) is 3.32. The third-order valence-electron chi connectivity index (χ3n) is 3.46. The smallest absolute Gasteiger partial charge is 0.0435 e. The molecule has 2 rings (SSSR count). The first-order chi connectivity index (χ1) is 8.27. The minimum Gasteiger partial charge on any atom is -0.323 e. The van der Waals surface area contributed by atoms with Crippen LogP contribution in [0, 0.1) is 0 Å². The number of likely N-dealkylation sites (tertiary alicyclic amines) is 1. The van der Waals surface area contributed by atoms with E-state index >= 15 is 0 Å². The van der Waals surface area contributed by atoms with Crippen LogP contribution in [0.2, 0.25) is 0 Å². The Morgan fingerprint density at radius 1 is 1.12 bits per heavy atom. The van der Waals surface area contributed by atoms with E-state index in [1.165, 1.54) is 44.3 Å². The van der Waals surface area contributed by atoms with E-state index in [-0.39, 0.29) is 6.04 Å². The standard InChI is InChI=1S/C14H21BrN2/c15-13-8-4-3-7-12(13)14(16)11-17-9-5-1-2-6-10-17/h3-4,7-8,14H,1-2,5-6,9-11,16H2. The Morgan fingerprint density at radius 2 is 1.76 bits per heavy atom. The molecule has 0 aromatic heterocycles. The molecular weight excluding hydrogens is 276 g/mol. The summed E-state index contributed by atoms with van der Waals surface area (Å²) >= 11 is 3.58. The first-order valence-corrected chi connectivity index (χ1v) is 7.29. The summed E-state index contributed by atoms with van der Waals surface area (Å²) in [6, 6.07) is 8.39. The van der Waals surface area contributed by atoms with Crippen molar-refractivity contribution in [3.63, 3.8) is 0 Å². The normalized spacial score (nSPS) is 19.9. The van der Waals surface area contributed by atoms with E-state index in [0.717, 1.165) is 11.0 Å². The van der Waals surface area contributed by atoms with Gasteiger partial charge in [-0.05, 0) is 37.6 Å². The molecule has 0 spiro atoms. The van der Waals surface area contributed by atoms with Crippen LogP contribution < -0.4 is 5.73 Å². The Morgan fingerprint density at radius 3 is 2.41 bits per heavy atom. The van der Waals surface area contributed by atoms with E-state index in [0.29, 0.717) is 0 Å². The van der Waals surface area contributed by atoms with Gasteiger partial charge in [-0.2, -0.15) is 0 Å². The minimum atomic E-state index is 0.115. The second-order valence-electron chi connectivity index (χ2n) is 4.84. The van der Waals surface area contributed by atoms with Crippen LogP contribution in [0.4, 0.5) is 0 Å². The highest BCUT2D eigenvalue weighted by atomic mass is 79.9. The molecular formula is C14H21BrN2. The lowest BCUT2D eigenvalue weighted by molar-refractivity contribution is 0.267. The van der Waals surface area contributed by atoms with Crippen LogP contribution in [0.3, 0.4) is 0 Å². The Bertz CT molecular complexity index is 346. The van der Waals surface area contributed by atoms with Crippen LogP contribution in [0.5, 0.6) is 0 Å². The molecule has 1 fully saturated rings. The molecule has 1 atom stereocenters. The molecule has 1 heterocycles. The van der Waals surface area contributed by atoms with Gasteiger partial charge >= 0.3 is 0 Å². The molecule has 1 saturated heterocycles. The largest absolute Gasteiger partial charge is 0.323 e. The molecule has 1 aliphatic heterocycles. The van der Waals surface area contributed by atoms with Crippen molar-refractivity contribution < 1.29 is 0 Å². The first-order valence-electron chi connectivity index (χ1n) is 6.50. The third kappa shape index (κ3) is 3.80. The highest BCUT2D eigenvalue weighted by Crippen LogP contribution is 2.23. The monoisotopic (exact) mass is 296 g/mol. The van der Waals surface area contributed by atoms with Crippen molar-refractivity contribution in [3.05, 3.63) is 34.3 Å². The molecule has 2 N–H and O–H groups in total. The maximum absolute atomic E-state index is 6.31. The lowest BCUT2D eigenvalue weighted by atomic mass is 10.1. The van der Waals surface area contributed by atoms with Crippen molar-refractivity contribution in [3.8, 4) is 0 Å². The van der Waals surface area contributed by atoms with Gasteiger partial charge < -0.3 is 10.6 Å². The molecule has 17 heavy (non-hydrogen) atoms. The number of nitrogens with two attached hydrogens (primary N) is 1. The summed E-state index contributed by atoms with van der Waals surface area (Å²) in [6.07, 6.45) is 5.40. The van der Waals surface area contributed by atoms with E-state index in [1.54, 1.807) is 0 Å². The lowest BCUT2D eigenvalue weighted by Crippen LogP contribution is -2.33. The third-order valence-corrected chi connectivity index (χ3v) is 4.18. The topological polar surface area (TPSA) is 29.3 Å². The van der Waals surface area contributed by atoms with Crippen LogP contribution in [-0.4, -0.2) is 24.5 Å². The fraction of sp³-hybridized carbons (Fsp3) is 0.571. The van der Waals surface area contributed by atoms with Gasteiger partial charge in [-0.1, -0.05) is 47.0 Å². The molecule has 0 aliphatic carbocycles. The summed E-state index contributed by atoms with van der Waals surface area (Å²) in [5.41, 5.74) is 7.53. The summed E-state index contributed by atoms with van der Waals surface area (Å²) in [5, 5.41) is 0. The lowest BCUT2D eigenvalue weighted by Gasteiger charge is -2.24. The van der Waals surface area contributed by atoms with Crippen molar-refractivity contribution >= 4 is 15.9 Å². The number of nitrogens with zero attached hydrogens (tertiary/aromatic N) is 1. The molecule has 1 unspecified atom stereocenters. The molecule has 0 radical (unpaired) electrons. The van der Waals surface area contributed by atoms with Gasteiger partial charge in [0.1, 0.15) is 0 Å². The highest BCUT2D eigenvalue weighted by Gasteiger charge is 2.15. The average Bonchev–Trinajstić information content (AvgIpc) is 2.58. The van der Waals surface area contributed by atoms with Crippen LogP contribution >= 0.6 is 15.9 Å². The second-order valence-corrected chi connectivity index (χ2v) is 5.70. The molecule has 2 nitrogen and oxygen atoms in total. The highest BCUT2D eigenvalue weighted by molar-refractivity contribution is 9.10. The van der Waals surface area contributed by atoms with Crippen molar-refractivity contribution in [1.29, 1.82) is 0 Å². The zero-order valence-electron chi connectivity index (χ0n) is 10.2. The van der Waals surface area contributed by atoms with Gasteiger partial charge in [0.05, 0.1) is 0 Å². The Labute approximate surface area is 112 Å². The summed E-state index contributed by atoms with van der Waals surface area (Å²) in [4.78, 5) is 2.51. The molecule has 1 aromatic rings. The van der Waals surface area contributed by atoms with Crippen molar-refractivity contribution in [1.82, 2.24) is 4.90 Å². The number of rotatable bonds is 3. The number of halogens is 1. The summed E-state index contributed by atoms with van der Waals surface area (Å²) in [6.45, 7) is 3.39. The Balaban J connectivity index is 1.96. The van der Waals surface area contributed by atoms with Crippen LogP contribution in [0.1, 0.15) is 37.3 Å². The van der Waals surface area contributed by atoms with Gasteiger partial charge in [0.2, 0.25) is 0 Å². The first kappa shape index (κ1) is 13.1. The number of hydrogen-bond acceptors (Lipinski definition) is 2. The Hall–Kier alpha value is -0.380.